The van der Waals surface area contributed by atoms with Crippen LogP contribution >= 0.6 is 0 Å². The summed E-state index contributed by atoms with van der Waals surface area (Å²) in [6.45, 7) is 4.76. The van der Waals surface area contributed by atoms with Crippen molar-refractivity contribution in [2.24, 2.45) is 5.41 Å². The molecule has 2 aromatic rings. The predicted molar refractivity (Wildman–Crippen MR) is 107 cm³/mol. The maximum Gasteiger partial charge on any atom is 0.230 e. The molecule has 1 spiro atoms. The smallest absolute Gasteiger partial charge is 0.230 e. The summed E-state index contributed by atoms with van der Waals surface area (Å²) in [6.07, 6.45) is 6.45. The van der Waals surface area contributed by atoms with Gasteiger partial charge < -0.3 is 9.80 Å². The highest BCUT2D eigenvalue weighted by Crippen LogP contribution is 2.40. The molecule has 0 N–H and O–H groups in total. The zero-order valence-corrected chi connectivity index (χ0v) is 16.4. The van der Waals surface area contributed by atoms with Crippen LogP contribution in [-0.4, -0.2) is 46.2 Å². The van der Waals surface area contributed by atoms with Crippen LogP contribution in [0, 0.1) is 12.3 Å². The minimum absolute atomic E-state index is 0.0912. The average molecular weight is 377 g/mol. The van der Waals surface area contributed by atoms with Gasteiger partial charge in [-0.2, -0.15) is 0 Å². The molecule has 5 heteroatoms. The molecule has 0 aliphatic carbocycles. The molecule has 2 aliphatic rings. The zero-order valence-electron chi connectivity index (χ0n) is 16.4. The van der Waals surface area contributed by atoms with Crippen molar-refractivity contribution in [1.29, 1.82) is 0 Å². The lowest BCUT2D eigenvalue weighted by atomic mass is 9.78. The van der Waals surface area contributed by atoms with E-state index in [1.54, 1.807) is 12.4 Å². The van der Waals surface area contributed by atoms with E-state index in [-0.39, 0.29) is 11.8 Å². The van der Waals surface area contributed by atoms with Gasteiger partial charge in [0.1, 0.15) is 0 Å². The van der Waals surface area contributed by atoms with Crippen molar-refractivity contribution < 1.29 is 9.59 Å². The Morgan fingerprint density at radius 3 is 2.79 bits per heavy atom. The SMILES string of the molecule is Cc1cccc(CN2CCC[C@@]3(CCN(C(=O)Cc4cccnc4)C3)C2=O)c1. The summed E-state index contributed by atoms with van der Waals surface area (Å²) in [5, 5.41) is 0. The van der Waals surface area contributed by atoms with Crippen molar-refractivity contribution in [3.8, 4) is 0 Å². The Labute approximate surface area is 166 Å². The lowest BCUT2D eigenvalue weighted by Crippen LogP contribution is -2.50. The Morgan fingerprint density at radius 2 is 2.00 bits per heavy atom. The molecule has 28 heavy (non-hydrogen) atoms. The number of pyridine rings is 1. The lowest BCUT2D eigenvalue weighted by Gasteiger charge is -2.39. The van der Waals surface area contributed by atoms with Gasteiger partial charge in [0.05, 0.1) is 11.8 Å². The molecule has 0 bridgehead atoms. The molecule has 5 nitrogen and oxygen atoms in total. The highest BCUT2D eigenvalue weighted by molar-refractivity contribution is 5.86. The highest BCUT2D eigenvalue weighted by Gasteiger charge is 2.49. The second-order valence-electron chi connectivity index (χ2n) is 8.20. The fraction of sp³-hybridized carbons (Fsp3) is 0.435. The number of piperidine rings is 1. The maximum absolute atomic E-state index is 13.3. The predicted octanol–water partition coefficient (Wildman–Crippen LogP) is 2.97. The van der Waals surface area contributed by atoms with Crippen LogP contribution in [0.3, 0.4) is 0 Å². The summed E-state index contributed by atoms with van der Waals surface area (Å²) < 4.78 is 0. The van der Waals surface area contributed by atoms with Crippen LogP contribution in [0.15, 0.2) is 48.8 Å². The van der Waals surface area contributed by atoms with E-state index in [1.807, 2.05) is 28.0 Å². The first-order valence-electron chi connectivity index (χ1n) is 10.1. The third kappa shape index (κ3) is 3.79. The number of carbonyl (C=O) groups excluding carboxylic acids is 2. The summed E-state index contributed by atoms with van der Waals surface area (Å²) in [6, 6.07) is 12.1. The monoisotopic (exact) mass is 377 g/mol. The molecule has 146 valence electrons. The van der Waals surface area contributed by atoms with Crippen molar-refractivity contribution in [2.45, 2.75) is 39.2 Å². The summed E-state index contributed by atoms with van der Waals surface area (Å²) in [7, 11) is 0. The summed E-state index contributed by atoms with van der Waals surface area (Å²) in [5.41, 5.74) is 2.91. The Kier molecular flexibility index (Phi) is 5.16. The van der Waals surface area contributed by atoms with Crippen molar-refractivity contribution in [3.05, 3.63) is 65.5 Å². The van der Waals surface area contributed by atoms with Crippen LogP contribution in [0.2, 0.25) is 0 Å². The second-order valence-corrected chi connectivity index (χ2v) is 8.20. The molecule has 3 heterocycles. The first-order valence-corrected chi connectivity index (χ1v) is 10.1. The molecule has 1 aromatic carbocycles. The minimum Gasteiger partial charge on any atom is -0.341 e. The Balaban J connectivity index is 1.43. The molecule has 2 saturated heterocycles. The quantitative estimate of drug-likeness (QED) is 0.823. The van der Waals surface area contributed by atoms with Gasteiger partial charge in [-0.15, -0.1) is 0 Å². The van der Waals surface area contributed by atoms with Gasteiger partial charge in [-0.3, -0.25) is 14.6 Å². The van der Waals surface area contributed by atoms with Gasteiger partial charge in [-0.05, 0) is 43.4 Å². The molecule has 4 rings (SSSR count). The van der Waals surface area contributed by atoms with Crippen LogP contribution in [0.4, 0.5) is 0 Å². The Hall–Kier alpha value is -2.69. The topological polar surface area (TPSA) is 53.5 Å². The van der Waals surface area contributed by atoms with Gasteiger partial charge in [-0.1, -0.05) is 35.9 Å². The molecule has 0 radical (unpaired) electrons. The van der Waals surface area contributed by atoms with Gasteiger partial charge in [0.25, 0.3) is 0 Å². The average Bonchev–Trinajstić information content (AvgIpc) is 3.12. The molecule has 2 amide bonds. The van der Waals surface area contributed by atoms with Gasteiger partial charge >= 0.3 is 0 Å². The molecule has 1 atom stereocenters. The van der Waals surface area contributed by atoms with Crippen LogP contribution in [0.1, 0.15) is 36.0 Å². The van der Waals surface area contributed by atoms with E-state index in [2.05, 4.69) is 30.1 Å². The van der Waals surface area contributed by atoms with E-state index < -0.39 is 5.41 Å². The molecule has 2 aliphatic heterocycles. The minimum atomic E-state index is -0.396. The molecular weight excluding hydrogens is 350 g/mol. The van der Waals surface area contributed by atoms with Crippen LogP contribution in [0.25, 0.3) is 0 Å². The number of aryl methyl sites for hydroxylation is 1. The van der Waals surface area contributed by atoms with E-state index in [9.17, 15) is 9.59 Å². The van der Waals surface area contributed by atoms with Crippen LogP contribution < -0.4 is 0 Å². The Bertz CT molecular complexity index is 867. The second kappa shape index (κ2) is 7.74. The van der Waals surface area contributed by atoms with Gasteiger partial charge in [-0.25, -0.2) is 0 Å². The van der Waals surface area contributed by atoms with E-state index in [0.717, 1.165) is 31.4 Å². The number of rotatable bonds is 4. The summed E-state index contributed by atoms with van der Waals surface area (Å²) in [5.74, 6) is 0.311. The number of hydrogen-bond acceptors (Lipinski definition) is 3. The number of aromatic nitrogens is 1. The van der Waals surface area contributed by atoms with Crippen LogP contribution in [0.5, 0.6) is 0 Å². The summed E-state index contributed by atoms with van der Waals surface area (Å²) >= 11 is 0. The zero-order chi connectivity index (χ0) is 19.6. The standard InChI is InChI=1S/C23H27N3O2/c1-18-5-2-6-20(13-18)16-25-11-4-8-23(22(25)28)9-12-26(17-23)21(27)14-19-7-3-10-24-15-19/h2-3,5-7,10,13,15H,4,8-9,11-12,14,16-17H2,1H3/t23-/m0/s1. The van der Waals surface area contributed by atoms with Crippen molar-refractivity contribution in [3.63, 3.8) is 0 Å². The molecule has 0 unspecified atom stereocenters. The van der Waals surface area contributed by atoms with Gasteiger partial charge in [0.15, 0.2) is 0 Å². The van der Waals surface area contributed by atoms with Crippen molar-refractivity contribution in [2.75, 3.05) is 19.6 Å². The molecule has 1 aromatic heterocycles. The van der Waals surface area contributed by atoms with Crippen LogP contribution in [-0.2, 0) is 22.6 Å². The number of amides is 2. The van der Waals surface area contributed by atoms with Gasteiger partial charge in [0, 0.05) is 38.6 Å². The number of benzene rings is 1. The molecule has 2 fully saturated rings. The summed E-state index contributed by atoms with van der Waals surface area (Å²) in [4.78, 5) is 34.0. The number of carbonyl (C=O) groups is 2. The number of nitrogens with zero attached hydrogens (tertiary/aromatic N) is 3. The largest absolute Gasteiger partial charge is 0.341 e. The van der Waals surface area contributed by atoms with Gasteiger partial charge in [0.2, 0.25) is 11.8 Å². The van der Waals surface area contributed by atoms with Crippen molar-refractivity contribution in [1.82, 2.24) is 14.8 Å². The lowest BCUT2D eigenvalue weighted by molar-refractivity contribution is -0.146. The third-order valence-electron chi connectivity index (χ3n) is 6.06. The first kappa shape index (κ1) is 18.7. The maximum atomic E-state index is 13.3. The molecular formula is C23H27N3O2. The van der Waals surface area contributed by atoms with E-state index in [0.29, 0.717) is 26.1 Å². The fourth-order valence-electron chi connectivity index (χ4n) is 4.59. The third-order valence-corrected chi connectivity index (χ3v) is 6.06. The first-order chi connectivity index (χ1) is 13.6. The number of likely N-dealkylation sites (tertiary alicyclic amines) is 2. The molecule has 0 saturated carbocycles. The normalized spacial score (nSPS) is 22.1. The van der Waals surface area contributed by atoms with E-state index in [4.69, 9.17) is 0 Å². The Morgan fingerprint density at radius 1 is 1.14 bits per heavy atom. The fourth-order valence-corrected chi connectivity index (χ4v) is 4.59. The number of hydrogen-bond donors (Lipinski definition) is 0. The van der Waals surface area contributed by atoms with E-state index >= 15 is 0 Å². The van der Waals surface area contributed by atoms with E-state index in [1.165, 1.54) is 11.1 Å². The highest BCUT2D eigenvalue weighted by atomic mass is 16.2. The van der Waals surface area contributed by atoms with Crippen molar-refractivity contribution >= 4 is 11.8 Å².